The fourth-order valence-electron chi connectivity index (χ4n) is 3.66. The highest BCUT2D eigenvalue weighted by molar-refractivity contribution is 5.55. The lowest BCUT2D eigenvalue weighted by Crippen LogP contribution is -1.98. The van der Waals surface area contributed by atoms with Crippen LogP contribution in [0, 0.1) is 0 Å². The van der Waals surface area contributed by atoms with Crippen LogP contribution in [0.25, 0.3) is 11.4 Å². The summed E-state index contributed by atoms with van der Waals surface area (Å²) in [6, 6.07) is 8.63. The van der Waals surface area contributed by atoms with Gasteiger partial charge in [-0.15, -0.1) is 0 Å². The maximum Gasteiger partial charge on any atom is 0.159 e. The molecule has 0 aliphatic heterocycles. The minimum Gasteiger partial charge on any atom is -0.490 e. The van der Waals surface area contributed by atoms with Crippen molar-refractivity contribution in [2.24, 2.45) is 0 Å². The largest absolute Gasteiger partial charge is 0.490 e. The van der Waals surface area contributed by atoms with Crippen molar-refractivity contribution in [2.45, 2.75) is 90.9 Å². The van der Waals surface area contributed by atoms with Crippen LogP contribution in [0.3, 0.4) is 0 Å². The van der Waals surface area contributed by atoms with Crippen molar-refractivity contribution in [1.82, 2.24) is 9.97 Å². The van der Waals surface area contributed by atoms with E-state index < -0.39 is 0 Å². The van der Waals surface area contributed by atoms with Crippen LogP contribution in [0.1, 0.15) is 90.0 Å². The molecular formula is C29H44N2O2. The lowest BCUT2D eigenvalue weighted by Gasteiger charge is -2.06. The van der Waals surface area contributed by atoms with Gasteiger partial charge < -0.3 is 9.47 Å². The predicted molar refractivity (Wildman–Crippen MR) is 139 cm³/mol. The standard InChI is InChI=1S/C29H44N2O2/c1-3-5-6-7-8-9-11-15-23-33-28-24-30-29(31-25-28)27-19-17-26(18-20-27)16-13-10-12-14-22-32-21-4-2/h9,11,17-20,24-25H,3-8,10,12-16,21-23H2,1-2H3. The molecule has 0 atom stereocenters. The molecule has 2 rings (SSSR count). The highest BCUT2D eigenvalue weighted by Crippen LogP contribution is 2.18. The smallest absolute Gasteiger partial charge is 0.159 e. The third-order valence-electron chi connectivity index (χ3n) is 5.64. The summed E-state index contributed by atoms with van der Waals surface area (Å²) in [5.41, 5.74) is 2.42. The zero-order valence-corrected chi connectivity index (χ0v) is 20.9. The summed E-state index contributed by atoms with van der Waals surface area (Å²) in [6.07, 6.45) is 22.5. The van der Waals surface area contributed by atoms with Gasteiger partial charge in [-0.3, -0.25) is 0 Å². The summed E-state index contributed by atoms with van der Waals surface area (Å²) >= 11 is 0. The molecule has 33 heavy (non-hydrogen) atoms. The van der Waals surface area contributed by atoms with Crippen LogP contribution in [0.5, 0.6) is 5.75 Å². The van der Waals surface area contributed by atoms with Crippen molar-refractivity contribution in [2.75, 3.05) is 19.8 Å². The molecule has 0 N–H and O–H groups in total. The number of benzene rings is 1. The average Bonchev–Trinajstić information content (AvgIpc) is 2.85. The maximum absolute atomic E-state index is 5.77. The average molecular weight is 453 g/mol. The zero-order chi connectivity index (χ0) is 23.4. The van der Waals surface area contributed by atoms with Crippen molar-refractivity contribution >= 4 is 0 Å². The van der Waals surface area contributed by atoms with Crippen molar-refractivity contribution in [1.29, 1.82) is 0 Å². The number of nitrogens with zero attached hydrogens (tertiary/aromatic N) is 2. The first-order chi connectivity index (χ1) is 16.3. The predicted octanol–water partition coefficient (Wildman–Crippen LogP) is 7.97. The number of unbranched alkanes of at least 4 members (excludes halogenated alkanes) is 7. The molecule has 0 aliphatic rings. The molecule has 1 aromatic heterocycles. The first-order valence-electron chi connectivity index (χ1n) is 13.1. The monoisotopic (exact) mass is 452 g/mol. The first-order valence-corrected chi connectivity index (χ1v) is 13.1. The van der Waals surface area contributed by atoms with E-state index in [9.17, 15) is 0 Å². The highest BCUT2D eigenvalue weighted by Gasteiger charge is 2.03. The number of allylic oxidation sites excluding steroid dienone is 1. The maximum atomic E-state index is 5.77. The topological polar surface area (TPSA) is 44.2 Å². The van der Waals surface area contributed by atoms with Crippen LogP contribution in [-0.2, 0) is 11.2 Å². The minimum atomic E-state index is 0.661. The fourth-order valence-corrected chi connectivity index (χ4v) is 3.66. The van der Waals surface area contributed by atoms with E-state index in [2.05, 4.69) is 60.2 Å². The van der Waals surface area contributed by atoms with Gasteiger partial charge >= 0.3 is 0 Å². The van der Waals surface area contributed by atoms with E-state index in [1.807, 2.05) is 0 Å². The van der Waals surface area contributed by atoms with E-state index in [-0.39, 0.29) is 0 Å². The number of hydrogen-bond donors (Lipinski definition) is 0. The van der Waals surface area contributed by atoms with E-state index in [0.29, 0.717) is 6.61 Å². The number of rotatable bonds is 19. The Morgan fingerprint density at radius 1 is 0.697 bits per heavy atom. The second-order valence-electron chi connectivity index (χ2n) is 8.67. The van der Waals surface area contributed by atoms with Crippen molar-refractivity contribution in [3.05, 3.63) is 54.4 Å². The van der Waals surface area contributed by atoms with Gasteiger partial charge in [0.15, 0.2) is 11.6 Å². The molecule has 1 aromatic carbocycles. The summed E-state index contributed by atoms with van der Waals surface area (Å²) in [5, 5.41) is 0. The van der Waals surface area contributed by atoms with E-state index in [1.165, 1.54) is 63.4 Å². The van der Waals surface area contributed by atoms with Crippen LogP contribution in [0.2, 0.25) is 0 Å². The Bertz CT molecular complexity index is 741. The molecule has 0 saturated heterocycles. The third-order valence-corrected chi connectivity index (χ3v) is 5.64. The summed E-state index contributed by atoms with van der Waals surface area (Å²) in [5.74, 6) is 1.47. The molecule has 0 fully saturated rings. The Morgan fingerprint density at radius 2 is 1.42 bits per heavy atom. The van der Waals surface area contributed by atoms with Crippen LogP contribution >= 0.6 is 0 Å². The van der Waals surface area contributed by atoms with Crippen molar-refractivity contribution in [3.63, 3.8) is 0 Å². The molecule has 0 bridgehead atoms. The molecule has 0 aliphatic carbocycles. The molecule has 1 heterocycles. The van der Waals surface area contributed by atoms with Gasteiger partial charge in [0.1, 0.15) is 0 Å². The second kappa shape index (κ2) is 18.3. The van der Waals surface area contributed by atoms with Crippen LogP contribution in [0.15, 0.2) is 48.8 Å². The molecule has 0 unspecified atom stereocenters. The number of hydrogen-bond acceptors (Lipinski definition) is 4. The molecule has 4 nitrogen and oxygen atoms in total. The Morgan fingerprint density at radius 3 is 2.18 bits per heavy atom. The zero-order valence-electron chi connectivity index (χ0n) is 20.9. The van der Waals surface area contributed by atoms with Crippen molar-refractivity contribution in [3.8, 4) is 17.1 Å². The molecular weight excluding hydrogens is 408 g/mol. The quantitative estimate of drug-likeness (QED) is 0.160. The van der Waals surface area contributed by atoms with Gasteiger partial charge in [-0.1, -0.05) is 82.4 Å². The summed E-state index contributed by atoms with van der Waals surface area (Å²) in [6.45, 7) is 6.85. The van der Waals surface area contributed by atoms with E-state index in [4.69, 9.17) is 9.47 Å². The van der Waals surface area contributed by atoms with Crippen LogP contribution in [-0.4, -0.2) is 29.8 Å². The van der Waals surface area contributed by atoms with E-state index in [0.717, 1.165) is 49.6 Å². The fraction of sp³-hybridized carbons (Fsp3) is 0.586. The van der Waals surface area contributed by atoms with Gasteiger partial charge in [-0.05, 0) is 50.5 Å². The van der Waals surface area contributed by atoms with Crippen LogP contribution in [0.4, 0.5) is 0 Å². The van der Waals surface area contributed by atoms with Gasteiger partial charge in [0.25, 0.3) is 0 Å². The van der Waals surface area contributed by atoms with Crippen molar-refractivity contribution < 1.29 is 9.47 Å². The van der Waals surface area contributed by atoms with Gasteiger partial charge in [0.05, 0.1) is 19.0 Å². The van der Waals surface area contributed by atoms with Gasteiger partial charge in [0.2, 0.25) is 0 Å². The van der Waals surface area contributed by atoms with E-state index >= 15 is 0 Å². The Balaban J connectivity index is 1.62. The van der Waals surface area contributed by atoms with Gasteiger partial charge in [-0.2, -0.15) is 0 Å². The summed E-state index contributed by atoms with van der Waals surface area (Å²) in [7, 11) is 0. The Kier molecular flexibility index (Phi) is 15.0. The molecule has 0 spiro atoms. The third kappa shape index (κ3) is 12.6. The molecule has 182 valence electrons. The van der Waals surface area contributed by atoms with Crippen LogP contribution < -0.4 is 4.74 Å². The Labute approximate surface area is 201 Å². The lowest BCUT2D eigenvalue weighted by molar-refractivity contribution is 0.130. The first kappa shape index (κ1) is 27.0. The van der Waals surface area contributed by atoms with Gasteiger partial charge in [-0.25, -0.2) is 9.97 Å². The normalized spacial score (nSPS) is 11.3. The van der Waals surface area contributed by atoms with E-state index in [1.54, 1.807) is 12.4 Å². The molecule has 2 aromatic rings. The van der Waals surface area contributed by atoms with Gasteiger partial charge in [0, 0.05) is 18.8 Å². The number of aryl methyl sites for hydroxylation is 1. The number of aromatic nitrogens is 2. The summed E-state index contributed by atoms with van der Waals surface area (Å²) in [4.78, 5) is 8.97. The molecule has 0 radical (unpaired) electrons. The Hall–Kier alpha value is -2.20. The minimum absolute atomic E-state index is 0.661. The second-order valence-corrected chi connectivity index (χ2v) is 8.67. The molecule has 0 saturated carbocycles. The molecule has 0 amide bonds. The summed E-state index contributed by atoms with van der Waals surface area (Å²) < 4.78 is 11.3. The number of ether oxygens (including phenoxy) is 2. The SMILES string of the molecule is CCCCCCC=CCCOc1cnc(-c2ccc(CCCCCCOCCC)cc2)nc1. The molecule has 4 heteroatoms. The highest BCUT2D eigenvalue weighted by atomic mass is 16.5. The lowest BCUT2D eigenvalue weighted by atomic mass is 10.0.